The number of piperidine rings is 1. The molecule has 1 aliphatic rings. The Labute approximate surface area is 211 Å². The first-order valence-electron chi connectivity index (χ1n) is 11.3. The summed E-state index contributed by atoms with van der Waals surface area (Å²) < 4.78 is 20.7. The van der Waals surface area contributed by atoms with Gasteiger partial charge in [-0.25, -0.2) is 9.38 Å². The minimum Gasteiger partial charge on any atom is -0.459 e. The molecule has 0 saturated carbocycles. The third-order valence-corrected chi connectivity index (χ3v) is 5.94. The van der Waals surface area contributed by atoms with Crippen molar-refractivity contribution in [1.29, 1.82) is 0 Å². The summed E-state index contributed by atoms with van der Waals surface area (Å²) >= 11 is 0. The highest BCUT2D eigenvalue weighted by Crippen LogP contribution is 2.25. The monoisotopic (exact) mass is 566 g/mol. The Morgan fingerprint density at radius 1 is 1.18 bits per heavy atom. The maximum absolute atomic E-state index is 14.7. The number of fused-ring (bicyclic) bond motifs is 1. The van der Waals surface area contributed by atoms with Crippen LogP contribution in [0.15, 0.2) is 51.9 Å². The van der Waals surface area contributed by atoms with E-state index in [4.69, 9.17) is 4.42 Å². The molecule has 0 amide bonds. The molecule has 0 bridgehead atoms. The van der Waals surface area contributed by atoms with Gasteiger partial charge in [-0.15, -0.1) is 24.0 Å². The van der Waals surface area contributed by atoms with Crippen molar-refractivity contribution >= 4 is 46.6 Å². The van der Waals surface area contributed by atoms with Crippen molar-refractivity contribution in [3.63, 3.8) is 0 Å². The van der Waals surface area contributed by atoms with Gasteiger partial charge in [0.05, 0.1) is 24.9 Å². The van der Waals surface area contributed by atoms with Gasteiger partial charge in [0, 0.05) is 30.6 Å². The Hall–Kier alpha value is -2.33. The molecule has 33 heavy (non-hydrogen) atoms. The highest BCUT2D eigenvalue weighted by Gasteiger charge is 2.19. The van der Waals surface area contributed by atoms with Crippen molar-refractivity contribution in [3.05, 3.63) is 65.2 Å². The molecule has 1 aromatic heterocycles. The van der Waals surface area contributed by atoms with Crippen molar-refractivity contribution in [2.24, 2.45) is 4.99 Å². The molecular weight excluding hydrogens is 534 g/mol. The minimum atomic E-state index is -0.275. The molecule has 4 rings (SSSR count). The van der Waals surface area contributed by atoms with Crippen LogP contribution in [0, 0.1) is 12.7 Å². The van der Waals surface area contributed by atoms with Crippen molar-refractivity contribution in [3.8, 4) is 0 Å². The fourth-order valence-corrected chi connectivity index (χ4v) is 4.08. The van der Waals surface area contributed by atoms with Gasteiger partial charge in [0.2, 0.25) is 0 Å². The summed E-state index contributed by atoms with van der Waals surface area (Å²) in [7, 11) is 0. The van der Waals surface area contributed by atoms with Gasteiger partial charge in [-0.3, -0.25) is 0 Å². The average Bonchev–Trinajstić information content (AvgIpc) is 3.12. The summed E-state index contributed by atoms with van der Waals surface area (Å²) in [6.45, 7) is 7.01. The number of nitrogens with zero attached hydrogens (tertiary/aromatic N) is 2. The second kappa shape index (κ2) is 11.7. The first-order chi connectivity index (χ1) is 15.5. The molecular formula is C25H32FIN4O2. The average molecular weight is 566 g/mol. The zero-order valence-corrected chi connectivity index (χ0v) is 21.4. The molecule has 2 aromatic carbocycles. The van der Waals surface area contributed by atoms with Crippen LogP contribution in [0.2, 0.25) is 0 Å². The zero-order chi connectivity index (χ0) is 22.5. The number of rotatable bonds is 6. The van der Waals surface area contributed by atoms with E-state index >= 15 is 0 Å². The second-order valence-corrected chi connectivity index (χ2v) is 8.20. The van der Waals surface area contributed by atoms with Gasteiger partial charge < -0.3 is 25.1 Å². The molecule has 1 aliphatic heterocycles. The van der Waals surface area contributed by atoms with E-state index in [1.807, 2.05) is 42.2 Å². The minimum absolute atomic E-state index is 0. The largest absolute Gasteiger partial charge is 0.459 e. The van der Waals surface area contributed by atoms with E-state index in [2.05, 4.69) is 28.6 Å². The van der Waals surface area contributed by atoms with Crippen LogP contribution in [0.3, 0.4) is 0 Å². The highest BCUT2D eigenvalue weighted by molar-refractivity contribution is 14.0. The smallest absolute Gasteiger partial charge is 0.191 e. The number of nitrogens with one attached hydrogen (secondary N) is 2. The molecule has 0 spiro atoms. The molecule has 178 valence electrons. The number of guanidine groups is 1. The van der Waals surface area contributed by atoms with Crippen LogP contribution < -0.4 is 15.5 Å². The lowest BCUT2D eigenvalue weighted by Gasteiger charge is -2.31. The van der Waals surface area contributed by atoms with Gasteiger partial charge >= 0.3 is 0 Å². The number of furan rings is 1. The van der Waals surface area contributed by atoms with Crippen LogP contribution in [-0.4, -0.2) is 36.8 Å². The molecule has 2 heterocycles. The van der Waals surface area contributed by atoms with Crippen molar-refractivity contribution in [1.82, 2.24) is 10.6 Å². The number of aliphatic hydroxyl groups is 1. The Bertz CT molecular complexity index is 1090. The second-order valence-electron chi connectivity index (χ2n) is 8.20. The lowest BCUT2D eigenvalue weighted by molar-refractivity contribution is 0.145. The molecule has 3 N–H and O–H groups in total. The maximum Gasteiger partial charge on any atom is 0.191 e. The fourth-order valence-electron chi connectivity index (χ4n) is 4.08. The molecule has 0 aliphatic carbocycles. The fraction of sp³-hybridized carbons (Fsp3) is 0.400. The number of aliphatic imine (C=N–C) groups is 1. The SMILES string of the molecule is CCNC(=NCc1ccc(N2CCC(O)CC2)c(F)c1)NCc1oc2ccccc2c1C.I. The predicted molar refractivity (Wildman–Crippen MR) is 142 cm³/mol. The first-order valence-corrected chi connectivity index (χ1v) is 11.3. The Kier molecular flexibility index (Phi) is 8.96. The molecule has 6 nitrogen and oxygen atoms in total. The number of benzene rings is 2. The van der Waals surface area contributed by atoms with E-state index < -0.39 is 0 Å². The van der Waals surface area contributed by atoms with Crippen molar-refractivity contribution in [2.45, 2.75) is 45.9 Å². The van der Waals surface area contributed by atoms with E-state index in [0.29, 0.717) is 50.7 Å². The molecule has 1 saturated heterocycles. The first kappa shape index (κ1) is 25.3. The molecule has 1 fully saturated rings. The third kappa shape index (κ3) is 6.17. The van der Waals surface area contributed by atoms with Gasteiger partial charge in [-0.05, 0) is 50.5 Å². The molecule has 0 unspecified atom stereocenters. The van der Waals surface area contributed by atoms with E-state index in [0.717, 1.165) is 34.4 Å². The highest BCUT2D eigenvalue weighted by atomic mass is 127. The van der Waals surface area contributed by atoms with Crippen LogP contribution in [0.4, 0.5) is 10.1 Å². The topological polar surface area (TPSA) is 73.0 Å². The summed E-state index contributed by atoms with van der Waals surface area (Å²) in [6.07, 6.45) is 1.07. The number of halogens is 2. The normalized spacial score (nSPS) is 14.9. The standard InChI is InChI=1S/C25H31FN4O2.HI/c1-3-27-25(29-16-24-17(2)20-6-4-5-7-23(20)32-24)28-15-18-8-9-22(21(26)14-18)30-12-10-19(31)11-13-30;/h4-9,14,19,31H,3,10-13,15-16H2,1-2H3,(H2,27,28,29);1H. The summed E-state index contributed by atoms with van der Waals surface area (Å²) in [5.74, 6) is 1.28. The third-order valence-electron chi connectivity index (χ3n) is 5.94. The number of aliphatic hydroxyl groups excluding tert-OH is 1. The van der Waals surface area contributed by atoms with Crippen LogP contribution in [0.1, 0.15) is 36.7 Å². The number of hydrogen-bond donors (Lipinski definition) is 3. The van der Waals surface area contributed by atoms with E-state index in [1.165, 1.54) is 0 Å². The number of anilines is 1. The Morgan fingerprint density at radius 2 is 1.94 bits per heavy atom. The molecule has 3 aromatic rings. The van der Waals surface area contributed by atoms with Crippen LogP contribution in [0.25, 0.3) is 11.0 Å². The van der Waals surface area contributed by atoms with Gasteiger partial charge in [0.1, 0.15) is 17.2 Å². The van der Waals surface area contributed by atoms with Gasteiger partial charge in [0.15, 0.2) is 5.96 Å². The van der Waals surface area contributed by atoms with E-state index in [1.54, 1.807) is 6.07 Å². The zero-order valence-electron chi connectivity index (χ0n) is 19.1. The van der Waals surface area contributed by atoms with Gasteiger partial charge in [-0.1, -0.05) is 24.3 Å². The van der Waals surface area contributed by atoms with Gasteiger partial charge in [0.25, 0.3) is 0 Å². The van der Waals surface area contributed by atoms with E-state index in [9.17, 15) is 9.50 Å². The van der Waals surface area contributed by atoms with Gasteiger partial charge in [-0.2, -0.15) is 0 Å². The van der Waals surface area contributed by atoms with Crippen LogP contribution >= 0.6 is 24.0 Å². The van der Waals surface area contributed by atoms with Crippen LogP contribution in [0.5, 0.6) is 0 Å². The van der Waals surface area contributed by atoms with Crippen LogP contribution in [-0.2, 0) is 13.1 Å². The lowest BCUT2D eigenvalue weighted by atomic mass is 10.1. The molecule has 0 atom stereocenters. The summed E-state index contributed by atoms with van der Waals surface area (Å²) in [6, 6.07) is 13.3. The summed E-state index contributed by atoms with van der Waals surface area (Å²) in [5, 5.41) is 17.3. The Morgan fingerprint density at radius 3 is 2.64 bits per heavy atom. The summed E-state index contributed by atoms with van der Waals surface area (Å²) in [5.41, 5.74) is 3.39. The molecule has 0 radical (unpaired) electrons. The lowest BCUT2D eigenvalue weighted by Crippen LogP contribution is -2.37. The predicted octanol–water partition coefficient (Wildman–Crippen LogP) is 4.71. The Balaban J connectivity index is 0.00000306. The van der Waals surface area contributed by atoms with Crippen molar-refractivity contribution < 1.29 is 13.9 Å². The van der Waals surface area contributed by atoms with Crippen molar-refractivity contribution in [2.75, 3.05) is 24.5 Å². The summed E-state index contributed by atoms with van der Waals surface area (Å²) in [4.78, 5) is 6.61. The number of aryl methyl sites for hydroxylation is 1. The molecule has 8 heteroatoms. The number of para-hydroxylation sites is 1. The quantitative estimate of drug-likeness (QED) is 0.229. The maximum atomic E-state index is 14.7. The van der Waals surface area contributed by atoms with E-state index in [-0.39, 0.29) is 35.9 Å². The number of hydrogen-bond acceptors (Lipinski definition) is 4.